The van der Waals surface area contributed by atoms with Gasteiger partial charge in [0.1, 0.15) is 0 Å². The minimum Gasteiger partial charge on any atom is -0.388 e. The number of carbonyl (C=O) groups excluding carboxylic acids is 1. The van der Waals surface area contributed by atoms with E-state index in [-0.39, 0.29) is 29.2 Å². The summed E-state index contributed by atoms with van der Waals surface area (Å²) in [6, 6.07) is 4.29. The summed E-state index contributed by atoms with van der Waals surface area (Å²) in [5.74, 6) is -0.913. The quantitative estimate of drug-likeness (QED) is 0.471. The van der Waals surface area contributed by atoms with Crippen molar-refractivity contribution in [3.63, 3.8) is 0 Å². The van der Waals surface area contributed by atoms with Crippen molar-refractivity contribution >= 4 is 28.1 Å². The summed E-state index contributed by atoms with van der Waals surface area (Å²) in [5.41, 5.74) is 5.87. The van der Waals surface area contributed by atoms with Crippen LogP contribution < -0.4 is 11.1 Å². The van der Waals surface area contributed by atoms with Gasteiger partial charge in [-0.25, -0.2) is 4.98 Å². The van der Waals surface area contributed by atoms with Crippen molar-refractivity contribution in [3.05, 3.63) is 76.2 Å². The van der Waals surface area contributed by atoms with Crippen molar-refractivity contribution in [2.45, 2.75) is 45.0 Å². The molecule has 1 atom stereocenters. The van der Waals surface area contributed by atoms with Gasteiger partial charge in [0.05, 0.1) is 25.0 Å². The molecule has 0 aliphatic carbocycles. The van der Waals surface area contributed by atoms with Gasteiger partial charge in [-0.3, -0.25) is 4.79 Å². The molecule has 0 fully saturated rings. The van der Waals surface area contributed by atoms with Crippen molar-refractivity contribution < 1.29 is 22.2 Å². The van der Waals surface area contributed by atoms with E-state index < -0.39 is 54.5 Å². The van der Waals surface area contributed by atoms with Crippen LogP contribution in [0.5, 0.6) is 0 Å². The summed E-state index contributed by atoms with van der Waals surface area (Å²) in [6.07, 6.45) is -7.79. The number of nitrogens with one attached hydrogen (secondary N) is 1. The lowest BCUT2D eigenvalue weighted by Gasteiger charge is -2.11. The highest BCUT2D eigenvalue weighted by molar-refractivity contribution is 7.13. The third-order valence-electron chi connectivity index (χ3n) is 3.90. The van der Waals surface area contributed by atoms with E-state index in [0.717, 1.165) is 16.9 Å². The van der Waals surface area contributed by atoms with Crippen molar-refractivity contribution in [2.24, 2.45) is 0 Å². The van der Waals surface area contributed by atoms with E-state index in [9.17, 15) is 9.90 Å². The summed E-state index contributed by atoms with van der Waals surface area (Å²) < 4.78 is 73.0. The molecule has 5 nitrogen and oxygen atoms in total. The van der Waals surface area contributed by atoms with Gasteiger partial charge in [-0.05, 0) is 49.4 Å². The molecule has 0 saturated heterocycles. The molecule has 0 spiro atoms. The molecule has 1 heterocycles. The van der Waals surface area contributed by atoms with Crippen molar-refractivity contribution in [3.8, 4) is 0 Å². The van der Waals surface area contributed by atoms with Crippen LogP contribution in [0.1, 0.15) is 60.0 Å². The normalized spacial score (nSPS) is 18.5. The minimum absolute atomic E-state index is 0.0451. The van der Waals surface area contributed by atoms with Crippen molar-refractivity contribution in [1.82, 2.24) is 4.98 Å². The number of hydrogen-bond donors (Lipinski definition) is 3. The molecule has 152 valence electrons. The van der Waals surface area contributed by atoms with Crippen LogP contribution >= 0.6 is 11.3 Å². The fourth-order valence-electron chi connectivity index (χ4n) is 2.46. The maximum absolute atomic E-state index is 12.4. The molecule has 0 radical (unpaired) electrons. The fourth-order valence-corrected chi connectivity index (χ4v) is 2.95. The molecule has 0 aliphatic rings. The molecule has 6 heteroatoms. The van der Waals surface area contributed by atoms with Crippen LogP contribution in [-0.2, 0) is 17.6 Å². The van der Waals surface area contributed by atoms with Crippen LogP contribution in [-0.4, -0.2) is 16.0 Å². The fraction of sp³-hybridized carbons (Fsp3) is 0.304. The Hall–Kier alpha value is -2.70. The summed E-state index contributed by atoms with van der Waals surface area (Å²) in [5, 5.41) is 14.8. The number of aliphatic hydroxyl groups is 1. The van der Waals surface area contributed by atoms with E-state index in [1.54, 1.807) is 24.3 Å². The predicted octanol–water partition coefficient (Wildman–Crippen LogP) is 4.66. The van der Waals surface area contributed by atoms with Crippen LogP contribution in [0.15, 0.2) is 53.8 Å². The van der Waals surface area contributed by atoms with Gasteiger partial charge in [0.15, 0.2) is 5.13 Å². The summed E-state index contributed by atoms with van der Waals surface area (Å²) in [6.45, 7) is 1.38. The summed E-state index contributed by atoms with van der Waals surface area (Å²) in [7, 11) is 0. The van der Waals surface area contributed by atoms with Crippen LogP contribution in [0.2, 0.25) is 0 Å². The maximum atomic E-state index is 12.4. The Bertz CT molecular complexity index is 1320. The largest absolute Gasteiger partial charge is 0.388 e. The first-order valence-electron chi connectivity index (χ1n) is 13.4. The molecule has 0 saturated carbocycles. The average molecular weight is 419 g/mol. The predicted molar refractivity (Wildman–Crippen MR) is 119 cm³/mol. The van der Waals surface area contributed by atoms with Gasteiger partial charge in [0, 0.05) is 16.6 Å². The molecule has 29 heavy (non-hydrogen) atoms. The second kappa shape index (κ2) is 10.2. The third kappa shape index (κ3) is 6.69. The number of anilines is 2. The second-order valence-electron chi connectivity index (χ2n) is 6.23. The van der Waals surface area contributed by atoms with E-state index >= 15 is 0 Å². The topological polar surface area (TPSA) is 88.2 Å². The zero-order valence-electron chi connectivity index (χ0n) is 24.8. The van der Waals surface area contributed by atoms with Gasteiger partial charge < -0.3 is 16.2 Å². The average Bonchev–Trinajstić information content (AvgIpc) is 3.29. The van der Waals surface area contributed by atoms with Gasteiger partial charge in [-0.2, -0.15) is 0 Å². The first-order chi connectivity index (χ1) is 17.5. The van der Waals surface area contributed by atoms with Crippen LogP contribution in [0.25, 0.3) is 0 Å². The van der Waals surface area contributed by atoms with Crippen LogP contribution in [0.3, 0.4) is 0 Å². The maximum Gasteiger partial charge on any atom is 0.230 e. The number of rotatable bonds is 9. The van der Waals surface area contributed by atoms with Crippen molar-refractivity contribution in [2.75, 3.05) is 11.1 Å². The number of aryl methyl sites for hydroxylation is 1. The molecule has 0 unspecified atom stereocenters. The molecule has 2 aromatic carbocycles. The number of hydrogen-bond acceptors (Lipinski definition) is 5. The van der Waals surface area contributed by atoms with E-state index in [4.69, 9.17) is 18.1 Å². The smallest absolute Gasteiger partial charge is 0.230 e. The number of benzene rings is 2. The van der Waals surface area contributed by atoms with Gasteiger partial charge in [-0.1, -0.05) is 48.3 Å². The molecular weight excluding hydrogens is 382 g/mol. The standard InChI is InChI=1S/C23H27N3O2S/c1-16-6-10-18(11-7-16)21(27)5-3-2-4-17-8-12-19(13-9-17)25-22(28)14-20-15-29-23(24)26-20/h6-13,15,21,27H,2-5,14H2,1H3,(H2,24,26)(H,25,28)/t21-/m0/s1/i5D2,6D,7D,10D,11D,14D2,21D. The Kier molecular flexibility index (Phi) is 4.25. The van der Waals surface area contributed by atoms with Crippen molar-refractivity contribution in [1.29, 1.82) is 0 Å². The van der Waals surface area contributed by atoms with Gasteiger partial charge in [0.25, 0.3) is 0 Å². The van der Waals surface area contributed by atoms with E-state index in [1.807, 2.05) is 0 Å². The highest BCUT2D eigenvalue weighted by atomic mass is 32.1. The van der Waals surface area contributed by atoms with E-state index in [0.29, 0.717) is 12.1 Å². The molecule has 1 aromatic heterocycles. The van der Waals surface area contributed by atoms with E-state index in [1.165, 1.54) is 12.3 Å². The first kappa shape index (κ1) is 12.1. The first-order valence-corrected chi connectivity index (χ1v) is 9.80. The number of nitrogens with zero attached hydrogens (tertiary/aromatic N) is 1. The van der Waals surface area contributed by atoms with Crippen LogP contribution in [0.4, 0.5) is 10.8 Å². The molecule has 0 aliphatic heterocycles. The third-order valence-corrected chi connectivity index (χ3v) is 4.57. The number of aromatic nitrogens is 1. The molecule has 3 rings (SSSR count). The molecule has 1 amide bonds. The van der Waals surface area contributed by atoms with Gasteiger partial charge >= 0.3 is 0 Å². The summed E-state index contributed by atoms with van der Waals surface area (Å²) in [4.78, 5) is 16.3. The zero-order chi connectivity index (χ0) is 28.6. The lowest BCUT2D eigenvalue weighted by molar-refractivity contribution is -0.115. The number of nitrogens with two attached hydrogens (primary N) is 1. The Labute approximate surface area is 188 Å². The van der Waals surface area contributed by atoms with Gasteiger partial charge in [0.2, 0.25) is 5.91 Å². The van der Waals surface area contributed by atoms with Crippen LogP contribution in [0, 0.1) is 6.92 Å². The monoisotopic (exact) mass is 418 g/mol. The van der Waals surface area contributed by atoms with Gasteiger partial charge in [-0.15, -0.1) is 11.3 Å². The lowest BCUT2D eigenvalue weighted by Crippen LogP contribution is -2.14. The SMILES string of the molecule is [2H]c1c([2H])c([C@@]([2H])(O)C([2H])([2H])CCCc2ccc(NC(=O)C([2H])([2H])c3csc(N)n3)cc2)c([2H])c([2H])c1C. The lowest BCUT2D eigenvalue weighted by atomic mass is 10.0. The Morgan fingerprint density at radius 2 is 2.03 bits per heavy atom. The molecule has 0 bridgehead atoms. The zero-order valence-corrected chi connectivity index (χ0v) is 16.6. The second-order valence-corrected chi connectivity index (χ2v) is 7.12. The highest BCUT2D eigenvalue weighted by Crippen LogP contribution is 2.21. The molecular formula is C23H27N3O2S. The number of amides is 1. The number of thiazole rings is 1. The van der Waals surface area contributed by atoms with E-state index in [2.05, 4.69) is 10.3 Å². The summed E-state index contributed by atoms with van der Waals surface area (Å²) >= 11 is 1.03. The molecule has 3 aromatic rings. The number of nitrogen functional groups attached to an aromatic ring is 1. The Morgan fingerprint density at radius 1 is 1.31 bits per heavy atom. The molecule has 4 N–H and O–H groups in total. The Morgan fingerprint density at radius 3 is 2.69 bits per heavy atom. The highest BCUT2D eigenvalue weighted by Gasteiger charge is 2.08. The Balaban J connectivity index is 1.65. The minimum atomic E-state index is -3.02. The number of carbonyl (C=O) groups is 1.